The third-order valence-electron chi connectivity index (χ3n) is 6.82. The highest BCUT2D eigenvalue weighted by Crippen LogP contribution is 2.39. The lowest BCUT2D eigenvalue weighted by atomic mass is 9.81. The van der Waals surface area contributed by atoms with Gasteiger partial charge in [0.15, 0.2) is 0 Å². The summed E-state index contributed by atoms with van der Waals surface area (Å²) in [6, 6.07) is 17.7. The first-order chi connectivity index (χ1) is 16.4. The van der Waals surface area contributed by atoms with Crippen molar-refractivity contribution in [3.05, 3.63) is 66.2 Å². The molecule has 2 atom stereocenters. The monoisotopic (exact) mass is 478 g/mol. The van der Waals surface area contributed by atoms with Gasteiger partial charge in [0.1, 0.15) is 10.6 Å². The molecular weight excluding hydrogens is 452 g/mol. The van der Waals surface area contributed by atoms with E-state index in [1.54, 1.807) is 24.3 Å². The first kappa shape index (κ1) is 22.4. The second kappa shape index (κ2) is 8.76. The maximum Gasteiger partial charge on any atom is 0.265 e. The number of sulfonamides is 1. The Morgan fingerprint density at radius 3 is 2.32 bits per heavy atom. The second-order valence-electron chi connectivity index (χ2n) is 8.88. The molecule has 34 heavy (non-hydrogen) atoms. The number of carbonyl (C=O) groups is 2. The highest BCUT2D eigenvalue weighted by atomic mass is 32.2. The molecule has 2 amide bonds. The average Bonchev–Trinajstić information content (AvgIpc) is 3.09. The number of nitrogens with zero attached hydrogens (tertiary/aromatic N) is 1. The van der Waals surface area contributed by atoms with Gasteiger partial charge in [0.25, 0.3) is 10.0 Å². The fourth-order valence-corrected chi connectivity index (χ4v) is 6.41. The molecule has 1 saturated heterocycles. The van der Waals surface area contributed by atoms with Crippen LogP contribution in [0.3, 0.4) is 0 Å². The molecule has 1 N–H and O–H groups in total. The Bertz CT molecular complexity index is 1360. The molecule has 0 radical (unpaired) electrons. The number of nitrogens with one attached hydrogen (secondary N) is 1. The third-order valence-corrected chi connectivity index (χ3v) is 8.21. The highest BCUT2D eigenvalue weighted by Gasteiger charge is 2.47. The fourth-order valence-electron chi connectivity index (χ4n) is 5.11. The van der Waals surface area contributed by atoms with Gasteiger partial charge in [0, 0.05) is 5.39 Å². The van der Waals surface area contributed by atoms with Gasteiger partial charge >= 0.3 is 0 Å². The number of imide groups is 1. The number of hydrogen-bond donors (Lipinski definition) is 1. The van der Waals surface area contributed by atoms with Crippen molar-refractivity contribution in [1.82, 2.24) is 4.90 Å². The molecule has 7 nitrogen and oxygen atoms in total. The molecule has 5 rings (SSSR count). The van der Waals surface area contributed by atoms with E-state index < -0.39 is 10.0 Å². The Kier molecular flexibility index (Phi) is 5.77. The zero-order valence-electron chi connectivity index (χ0n) is 18.9. The Hall–Kier alpha value is -3.39. The van der Waals surface area contributed by atoms with Crippen LogP contribution in [-0.2, 0) is 26.2 Å². The van der Waals surface area contributed by atoms with Gasteiger partial charge in [-0.05, 0) is 42.0 Å². The SMILES string of the molecule is COc1ccc(CN2C(=O)[C@@H]3CCCC[C@H]3C2=O)cc1S(=O)(=O)Nc1cccc2ccccc12. The van der Waals surface area contributed by atoms with Crippen molar-refractivity contribution in [3.63, 3.8) is 0 Å². The topological polar surface area (TPSA) is 92.8 Å². The molecule has 0 aromatic heterocycles. The Labute approximate surface area is 198 Å². The molecule has 1 aliphatic carbocycles. The minimum atomic E-state index is -4.01. The number of rotatable bonds is 6. The number of anilines is 1. The van der Waals surface area contributed by atoms with E-state index in [1.807, 2.05) is 30.3 Å². The van der Waals surface area contributed by atoms with E-state index >= 15 is 0 Å². The molecule has 1 aliphatic heterocycles. The predicted octanol–water partition coefficient (Wildman–Crippen LogP) is 4.32. The van der Waals surface area contributed by atoms with Crippen molar-refractivity contribution in [2.24, 2.45) is 11.8 Å². The van der Waals surface area contributed by atoms with E-state index in [0.717, 1.165) is 36.5 Å². The number of ether oxygens (including phenoxy) is 1. The van der Waals surface area contributed by atoms with E-state index in [1.165, 1.54) is 18.1 Å². The van der Waals surface area contributed by atoms with E-state index in [2.05, 4.69) is 4.72 Å². The normalized spacial score (nSPS) is 20.4. The zero-order valence-corrected chi connectivity index (χ0v) is 19.7. The number of fused-ring (bicyclic) bond motifs is 2. The summed E-state index contributed by atoms with van der Waals surface area (Å²) in [5, 5.41) is 1.69. The molecular formula is C26H26N2O5S. The van der Waals surface area contributed by atoms with Crippen LogP contribution in [0.15, 0.2) is 65.6 Å². The quantitative estimate of drug-likeness (QED) is 0.533. The van der Waals surface area contributed by atoms with Gasteiger partial charge < -0.3 is 4.74 Å². The molecule has 2 aliphatic rings. The molecule has 0 unspecified atom stereocenters. The lowest BCUT2D eigenvalue weighted by molar-refractivity contribution is -0.140. The summed E-state index contributed by atoms with van der Waals surface area (Å²) in [7, 11) is -2.61. The molecule has 8 heteroatoms. The maximum absolute atomic E-state index is 13.4. The largest absolute Gasteiger partial charge is 0.495 e. The summed E-state index contributed by atoms with van der Waals surface area (Å²) in [6.07, 6.45) is 3.39. The first-order valence-corrected chi connectivity index (χ1v) is 12.9. The van der Waals surface area contributed by atoms with Gasteiger partial charge in [-0.3, -0.25) is 19.2 Å². The van der Waals surface area contributed by atoms with E-state index in [-0.39, 0.29) is 40.8 Å². The number of amides is 2. The highest BCUT2D eigenvalue weighted by molar-refractivity contribution is 7.92. The van der Waals surface area contributed by atoms with Gasteiger partial charge in [-0.25, -0.2) is 8.42 Å². The van der Waals surface area contributed by atoms with Crippen LogP contribution in [0, 0.1) is 11.8 Å². The van der Waals surface area contributed by atoms with Crippen molar-refractivity contribution >= 4 is 38.3 Å². The number of carbonyl (C=O) groups excluding carboxylic acids is 2. The molecule has 0 spiro atoms. The Morgan fingerprint density at radius 2 is 1.62 bits per heavy atom. The summed E-state index contributed by atoms with van der Waals surface area (Å²) < 4.78 is 34.8. The zero-order chi connectivity index (χ0) is 23.9. The van der Waals surface area contributed by atoms with Crippen LogP contribution in [0.25, 0.3) is 10.8 Å². The van der Waals surface area contributed by atoms with Crippen molar-refractivity contribution < 1.29 is 22.7 Å². The van der Waals surface area contributed by atoms with Crippen LogP contribution >= 0.6 is 0 Å². The number of hydrogen-bond acceptors (Lipinski definition) is 5. The molecule has 2 fully saturated rings. The molecule has 1 saturated carbocycles. The van der Waals surface area contributed by atoms with Crippen LogP contribution in [-0.4, -0.2) is 32.2 Å². The van der Waals surface area contributed by atoms with Crippen LogP contribution in [0.2, 0.25) is 0 Å². The summed E-state index contributed by atoms with van der Waals surface area (Å²) >= 11 is 0. The summed E-state index contributed by atoms with van der Waals surface area (Å²) in [5.74, 6) is -0.594. The minimum Gasteiger partial charge on any atom is -0.495 e. The number of benzene rings is 3. The predicted molar refractivity (Wildman–Crippen MR) is 129 cm³/mol. The van der Waals surface area contributed by atoms with Crippen molar-refractivity contribution in [2.45, 2.75) is 37.1 Å². The summed E-state index contributed by atoms with van der Waals surface area (Å²) in [6.45, 7) is 0.0471. The third kappa shape index (κ3) is 3.92. The standard InChI is InChI=1S/C26H26N2O5S/c1-33-23-14-13-17(16-28-25(29)20-10-4-5-11-21(20)26(28)30)15-24(23)34(31,32)27-22-12-6-8-18-7-2-3-9-19(18)22/h2-3,6-9,12-15,20-21,27H,4-5,10-11,16H2,1H3/t20-,21-/m1/s1. The second-order valence-corrected chi connectivity index (χ2v) is 10.5. The van der Waals surface area contributed by atoms with Crippen LogP contribution in [0.4, 0.5) is 5.69 Å². The van der Waals surface area contributed by atoms with Gasteiger partial charge in [-0.15, -0.1) is 0 Å². The van der Waals surface area contributed by atoms with Crippen LogP contribution in [0.5, 0.6) is 5.75 Å². The molecule has 176 valence electrons. The van der Waals surface area contributed by atoms with Gasteiger partial charge in [-0.2, -0.15) is 0 Å². The van der Waals surface area contributed by atoms with Gasteiger partial charge in [0.2, 0.25) is 11.8 Å². The van der Waals surface area contributed by atoms with Gasteiger partial charge in [-0.1, -0.05) is 55.3 Å². The van der Waals surface area contributed by atoms with Crippen LogP contribution in [0.1, 0.15) is 31.2 Å². The Balaban J connectivity index is 1.46. The van der Waals surface area contributed by atoms with Gasteiger partial charge in [0.05, 0.1) is 31.2 Å². The lowest BCUT2D eigenvalue weighted by Crippen LogP contribution is -2.30. The minimum absolute atomic E-state index is 0.0445. The van der Waals surface area contributed by atoms with Crippen molar-refractivity contribution in [2.75, 3.05) is 11.8 Å². The molecule has 3 aromatic carbocycles. The molecule has 0 bridgehead atoms. The molecule has 1 heterocycles. The number of methoxy groups -OCH3 is 1. The van der Waals surface area contributed by atoms with Crippen molar-refractivity contribution in [1.29, 1.82) is 0 Å². The first-order valence-electron chi connectivity index (χ1n) is 11.4. The van der Waals surface area contributed by atoms with E-state index in [0.29, 0.717) is 11.3 Å². The molecule has 3 aromatic rings. The average molecular weight is 479 g/mol. The smallest absolute Gasteiger partial charge is 0.265 e. The lowest BCUT2D eigenvalue weighted by Gasteiger charge is -2.19. The summed E-state index contributed by atoms with van der Waals surface area (Å²) in [5.41, 5.74) is 1.01. The summed E-state index contributed by atoms with van der Waals surface area (Å²) in [4.78, 5) is 27.0. The maximum atomic E-state index is 13.4. The number of likely N-dealkylation sites (tertiary alicyclic amines) is 1. The Morgan fingerprint density at radius 1 is 0.941 bits per heavy atom. The van der Waals surface area contributed by atoms with E-state index in [9.17, 15) is 18.0 Å². The van der Waals surface area contributed by atoms with E-state index in [4.69, 9.17) is 4.74 Å². The fraction of sp³-hybridized carbons (Fsp3) is 0.308. The van der Waals surface area contributed by atoms with Crippen LogP contribution < -0.4 is 9.46 Å². The van der Waals surface area contributed by atoms with Crippen molar-refractivity contribution in [3.8, 4) is 5.75 Å².